The van der Waals surface area contributed by atoms with Gasteiger partial charge in [0.15, 0.2) is 5.78 Å². The number of Topliss-reactive ketones (excluding diaryl/α,β-unsaturated/α-hetero) is 1. The van der Waals surface area contributed by atoms with E-state index in [1.807, 2.05) is 31.2 Å². The van der Waals surface area contributed by atoms with Crippen molar-refractivity contribution in [1.29, 1.82) is 0 Å². The second kappa shape index (κ2) is 6.36. The van der Waals surface area contributed by atoms with Crippen molar-refractivity contribution in [3.63, 3.8) is 0 Å². The Morgan fingerprint density at radius 2 is 1.70 bits per heavy atom. The molecule has 20 heavy (non-hydrogen) atoms. The summed E-state index contributed by atoms with van der Waals surface area (Å²) < 4.78 is 0. The zero-order valence-electron chi connectivity index (χ0n) is 12.2. The average Bonchev–Trinajstić information content (AvgIpc) is 2.42. The maximum absolute atomic E-state index is 12.4. The van der Waals surface area contributed by atoms with Gasteiger partial charge in [-0.15, -0.1) is 0 Å². The SMILES string of the molecule is Cc1ccc(CC(=O)c2ccc(CBr)c(C)c2)cc1C. The van der Waals surface area contributed by atoms with E-state index in [4.69, 9.17) is 0 Å². The number of carbonyl (C=O) groups excluding carboxylic acids is 1. The fraction of sp³-hybridized carbons (Fsp3) is 0.278. The van der Waals surface area contributed by atoms with Crippen LogP contribution in [0.1, 0.15) is 38.2 Å². The molecule has 2 aromatic carbocycles. The third-order valence-corrected chi connectivity index (χ3v) is 4.35. The normalized spacial score (nSPS) is 10.6. The predicted molar refractivity (Wildman–Crippen MR) is 87.8 cm³/mol. The van der Waals surface area contributed by atoms with Gasteiger partial charge in [0.1, 0.15) is 0 Å². The highest BCUT2D eigenvalue weighted by Gasteiger charge is 2.09. The van der Waals surface area contributed by atoms with Gasteiger partial charge < -0.3 is 0 Å². The monoisotopic (exact) mass is 330 g/mol. The summed E-state index contributed by atoms with van der Waals surface area (Å²) in [6, 6.07) is 12.2. The highest BCUT2D eigenvalue weighted by atomic mass is 79.9. The topological polar surface area (TPSA) is 17.1 Å². The van der Waals surface area contributed by atoms with Gasteiger partial charge in [-0.1, -0.05) is 46.3 Å². The first-order valence-corrected chi connectivity index (χ1v) is 7.88. The number of carbonyl (C=O) groups is 1. The molecule has 0 aliphatic rings. The molecule has 0 fully saturated rings. The molecule has 2 aromatic rings. The van der Waals surface area contributed by atoms with Crippen LogP contribution in [0.3, 0.4) is 0 Å². The maximum atomic E-state index is 12.4. The van der Waals surface area contributed by atoms with E-state index < -0.39 is 0 Å². The van der Waals surface area contributed by atoms with Gasteiger partial charge >= 0.3 is 0 Å². The van der Waals surface area contributed by atoms with Gasteiger partial charge in [-0.3, -0.25) is 4.79 Å². The molecule has 0 atom stereocenters. The van der Waals surface area contributed by atoms with Crippen LogP contribution in [-0.4, -0.2) is 5.78 Å². The molecule has 0 saturated heterocycles. The van der Waals surface area contributed by atoms with Crippen LogP contribution in [0, 0.1) is 20.8 Å². The van der Waals surface area contributed by atoms with Crippen molar-refractivity contribution in [3.05, 3.63) is 69.8 Å². The lowest BCUT2D eigenvalue weighted by molar-refractivity contribution is 0.0993. The quantitative estimate of drug-likeness (QED) is 0.573. The smallest absolute Gasteiger partial charge is 0.167 e. The number of alkyl halides is 1. The first kappa shape index (κ1) is 15.0. The molecule has 0 saturated carbocycles. The Morgan fingerprint density at radius 3 is 2.30 bits per heavy atom. The third-order valence-electron chi connectivity index (χ3n) is 3.74. The molecule has 0 unspecified atom stereocenters. The van der Waals surface area contributed by atoms with E-state index in [1.54, 1.807) is 0 Å². The van der Waals surface area contributed by atoms with Crippen molar-refractivity contribution in [2.75, 3.05) is 0 Å². The van der Waals surface area contributed by atoms with E-state index in [9.17, 15) is 4.79 Å². The summed E-state index contributed by atoms with van der Waals surface area (Å²) in [4.78, 5) is 12.4. The largest absolute Gasteiger partial charge is 0.294 e. The fourth-order valence-corrected chi connectivity index (χ4v) is 2.85. The lowest BCUT2D eigenvalue weighted by Gasteiger charge is -2.07. The number of aryl methyl sites for hydroxylation is 3. The van der Waals surface area contributed by atoms with E-state index in [-0.39, 0.29) is 5.78 Å². The zero-order valence-corrected chi connectivity index (χ0v) is 13.8. The molecule has 0 spiro atoms. The number of hydrogen-bond acceptors (Lipinski definition) is 1. The van der Waals surface area contributed by atoms with Gasteiger partial charge in [0.25, 0.3) is 0 Å². The van der Waals surface area contributed by atoms with Gasteiger partial charge in [0.05, 0.1) is 0 Å². The van der Waals surface area contributed by atoms with Crippen molar-refractivity contribution in [2.45, 2.75) is 32.5 Å². The van der Waals surface area contributed by atoms with E-state index in [0.29, 0.717) is 6.42 Å². The molecule has 0 N–H and O–H groups in total. The first-order chi connectivity index (χ1) is 9.51. The Hall–Kier alpha value is -1.41. The van der Waals surface area contributed by atoms with Crippen molar-refractivity contribution in [2.24, 2.45) is 0 Å². The Bertz CT molecular complexity index is 644. The van der Waals surface area contributed by atoms with E-state index >= 15 is 0 Å². The van der Waals surface area contributed by atoms with Crippen LogP contribution in [0.25, 0.3) is 0 Å². The molecule has 0 aromatic heterocycles. The highest BCUT2D eigenvalue weighted by Crippen LogP contribution is 2.17. The number of benzene rings is 2. The van der Waals surface area contributed by atoms with Gasteiger partial charge in [0, 0.05) is 17.3 Å². The van der Waals surface area contributed by atoms with Crippen LogP contribution in [0.2, 0.25) is 0 Å². The molecule has 0 radical (unpaired) electrons. The van der Waals surface area contributed by atoms with Crippen molar-refractivity contribution < 1.29 is 4.79 Å². The molecule has 0 heterocycles. The molecular formula is C18H19BrO. The van der Waals surface area contributed by atoms with Crippen LogP contribution in [0.15, 0.2) is 36.4 Å². The van der Waals surface area contributed by atoms with E-state index in [0.717, 1.165) is 22.0 Å². The molecule has 2 rings (SSSR count). The summed E-state index contributed by atoms with van der Waals surface area (Å²) >= 11 is 3.45. The molecular weight excluding hydrogens is 312 g/mol. The summed E-state index contributed by atoms with van der Waals surface area (Å²) in [6.45, 7) is 6.21. The third kappa shape index (κ3) is 3.37. The Morgan fingerprint density at radius 1 is 0.950 bits per heavy atom. The molecule has 0 aliphatic carbocycles. The minimum atomic E-state index is 0.178. The molecule has 0 amide bonds. The summed E-state index contributed by atoms with van der Waals surface area (Å²) in [6.07, 6.45) is 0.466. The predicted octanol–water partition coefficient (Wildman–Crippen LogP) is 4.93. The number of halogens is 1. The molecule has 104 valence electrons. The molecule has 0 aliphatic heterocycles. The van der Waals surface area contributed by atoms with Crippen molar-refractivity contribution >= 4 is 21.7 Å². The van der Waals surface area contributed by atoms with Crippen LogP contribution >= 0.6 is 15.9 Å². The summed E-state index contributed by atoms with van der Waals surface area (Å²) in [5.74, 6) is 0.178. The van der Waals surface area contributed by atoms with Crippen LogP contribution < -0.4 is 0 Å². The Balaban J connectivity index is 2.19. The zero-order chi connectivity index (χ0) is 14.7. The summed E-state index contributed by atoms with van der Waals surface area (Å²) in [5, 5.41) is 0.824. The molecule has 0 bridgehead atoms. The van der Waals surface area contributed by atoms with Gasteiger partial charge in [0.2, 0.25) is 0 Å². The number of rotatable bonds is 4. The Labute approximate surface area is 129 Å². The number of ketones is 1. The molecule has 1 nitrogen and oxygen atoms in total. The lowest BCUT2D eigenvalue weighted by Crippen LogP contribution is -2.05. The van der Waals surface area contributed by atoms with Crippen molar-refractivity contribution in [3.8, 4) is 0 Å². The van der Waals surface area contributed by atoms with Gasteiger partial charge in [-0.05, 0) is 54.7 Å². The van der Waals surface area contributed by atoms with Crippen LogP contribution in [0.5, 0.6) is 0 Å². The number of hydrogen-bond donors (Lipinski definition) is 0. The van der Waals surface area contributed by atoms with E-state index in [2.05, 4.69) is 41.9 Å². The van der Waals surface area contributed by atoms with Crippen LogP contribution in [0.4, 0.5) is 0 Å². The fourth-order valence-electron chi connectivity index (χ4n) is 2.22. The van der Waals surface area contributed by atoms with Gasteiger partial charge in [-0.2, -0.15) is 0 Å². The van der Waals surface area contributed by atoms with Crippen LogP contribution in [-0.2, 0) is 11.8 Å². The second-order valence-electron chi connectivity index (χ2n) is 5.29. The minimum Gasteiger partial charge on any atom is -0.294 e. The Kier molecular flexibility index (Phi) is 4.77. The van der Waals surface area contributed by atoms with E-state index in [1.165, 1.54) is 16.7 Å². The highest BCUT2D eigenvalue weighted by molar-refractivity contribution is 9.08. The maximum Gasteiger partial charge on any atom is 0.167 e. The lowest BCUT2D eigenvalue weighted by atomic mass is 9.97. The molecule has 2 heteroatoms. The standard InChI is InChI=1S/C18H19BrO/c1-12-4-5-15(8-13(12)2)10-18(20)16-6-7-17(11-19)14(3)9-16/h4-9H,10-11H2,1-3H3. The second-order valence-corrected chi connectivity index (χ2v) is 5.85. The average molecular weight is 331 g/mol. The van der Waals surface area contributed by atoms with Gasteiger partial charge in [-0.25, -0.2) is 0 Å². The van der Waals surface area contributed by atoms with Crippen molar-refractivity contribution in [1.82, 2.24) is 0 Å². The minimum absolute atomic E-state index is 0.178. The summed E-state index contributed by atoms with van der Waals surface area (Å²) in [7, 11) is 0. The summed E-state index contributed by atoms with van der Waals surface area (Å²) in [5.41, 5.74) is 6.77. The first-order valence-electron chi connectivity index (χ1n) is 6.76.